The van der Waals surface area contributed by atoms with Crippen LogP contribution in [0, 0.1) is 5.82 Å². The van der Waals surface area contributed by atoms with Crippen LogP contribution >= 0.6 is 0 Å². The minimum absolute atomic E-state index is 0.268. The number of rotatable bonds is 5. The van der Waals surface area contributed by atoms with Crippen molar-refractivity contribution in [2.24, 2.45) is 5.73 Å². The number of nitrogens with two attached hydrogens (primary N) is 1. The number of ether oxygens (including phenoxy) is 1. The van der Waals surface area contributed by atoms with Crippen molar-refractivity contribution in [3.63, 3.8) is 0 Å². The van der Waals surface area contributed by atoms with Gasteiger partial charge < -0.3 is 10.5 Å². The molecular weight excluding hydrogens is 181 g/mol. The van der Waals surface area contributed by atoms with E-state index in [1.807, 2.05) is 0 Å². The summed E-state index contributed by atoms with van der Waals surface area (Å²) in [5, 5.41) is 0. The highest BCUT2D eigenvalue weighted by molar-refractivity contribution is 5.29. The van der Waals surface area contributed by atoms with Crippen LogP contribution in [-0.2, 0) is 6.54 Å². The van der Waals surface area contributed by atoms with Gasteiger partial charge in [-0.25, -0.2) is 4.39 Å². The second-order valence-electron chi connectivity index (χ2n) is 2.89. The third kappa shape index (κ3) is 2.85. The van der Waals surface area contributed by atoms with Crippen molar-refractivity contribution in [3.05, 3.63) is 42.2 Å². The Labute approximate surface area is 83.2 Å². The molecule has 0 radical (unpaired) electrons. The Hall–Kier alpha value is -1.35. The third-order valence-corrected chi connectivity index (χ3v) is 1.81. The quantitative estimate of drug-likeness (QED) is 0.577. The average molecular weight is 195 g/mol. The van der Waals surface area contributed by atoms with E-state index >= 15 is 0 Å². The van der Waals surface area contributed by atoms with Crippen LogP contribution in [0.2, 0.25) is 0 Å². The molecule has 0 heterocycles. The number of benzene rings is 1. The summed E-state index contributed by atoms with van der Waals surface area (Å²) in [6, 6.07) is 4.75. The summed E-state index contributed by atoms with van der Waals surface area (Å²) in [4.78, 5) is 0. The maximum Gasteiger partial charge on any atom is 0.165 e. The zero-order valence-electron chi connectivity index (χ0n) is 8.00. The maximum atomic E-state index is 13.3. The van der Waals surface area contributed by atoms with Gasteiger partial charge in [-0.2, -0.15) is 0 Å². The van der Waals surface area contributed by atoms with Gasteiger partial charge >= 0.3 is 0 Å². The predicted octanol–water partition coefficient (Wildman–Crippen LogP) is 2.24. The van der Waals surface area contributed by atoms with Gasteiger partial charge in [0, 0.05) is 6.54 Å². The lowest BCUT2D eigenvalue weighted by molar-refractivity contribution is 0.308. The fraction of sp³-hybridized carbons (Fsp3) is 0.273. The molecule has 0 amide bonds. The van der Waals surface area contributed by atoms with Crippen molar-refractivity contribution in [2.75, 3.05) is 6.61 Å². The normalized spacial score (nSPS) is 9.86. The Bertz CT molecular complexity index is 312. The Morgan fingerprint density at radius 2 is 2.29 bits per heavy atom. The van der Waals surface area contributed by atoms with Crippen molar-refractivity contribution in [1.82, 2.24) is 0 Å². The van der Waals surface area contributed by atoms with E-state index in [2.05, 4.69) is 6.58 Å². The average Bonchev–Trinajstić information content (AvgIpc) is 2.20. The van der Waals surface area contributed by atoms with Crippen LogP contribution in [0.4, 0.5) is 4.39 Å². The van der Waals surface area contributed by atoms with E-state index in [1.165, 1.54) is 6.07 Å². The van der Waals surface area contributed by atoms with Crippen LogP contribution in [-0.4, -0.2) is 6.61 Å². The van der Waals surface area contributed by atoms with Crippen LogP contribution < -0.4 is 10.5 Å². The number of halogens is 1. The largest absolute Gasteiger partial charge is 0.490 e. The first kappa shape index (κ1) is 10.7. The van der Waals surface area contributed by atoms with Crippen LogP contribution in [0.25, 0.3) is 0 Å². The van der Waals surface area contributed by atoms with Gasteiger partial charge in [0.15, 0.2) is 11.6 Å². The molecule has 0 fully saturated rings. The molecule has 1 rings (SSSR count). The summed E-state index contributed by atoms with van der Waals surface area (Å²) in [7, 11) is 0. The van der Waals surface area contributed by atoms with Crippen molar-refractivity contribution >= 4 is 0 Å². The number of hydrogen-bond acceptors (Lipinski definition) is 2. The summed E-state index contributed by atoms with van der Waals surface area (Å²) in [5.41, 5.74) is 6.13. The molecule has 0 aromatic heterocycles. The van der Waals surface area contributed by atoms with E-state index in [4.69, 9.17) is 10.5 Å². The molecule has 1 aromatic rings. The Morgan fingerprint density at radius 3 is 2.86 bits per heavy atom. The lowest BCUT2D eigenvalue weighted by atomic mass is 10.2. The Kier molecular flexibility index (Phi) is 4.13. The summed E-state index contributed by atoms with van der Waals surface area (Å²) >= 11 is 0. The third-order valence-electron chi connectivity index (χ3n) is 1.81. The molecule has 0 saturated carbocycles. The molecule has 0 atom stereocenters. The fourth-order valence-electron chi connectivity index (χ4n) is 1.04. The first-order valence-electron chi connectivity index (χ1n) is 4.50. The minimum atomic E-state index is -0.364. The highest BCUT2D eigenvalue weighted by atomic mass is 19.1. The lowest BCUT2D eigenvalue weighted by Crippen LogP contribution is -2.00. The second-order valence-corrected chi connectivity index (χ2v) is 2.89. The molecule has 2 N–H and O–H groups in total. The molecule has 76 valence electrons. The van der Waals surface area contributed by atoms with Gasteiger partial charge in [0.25, 0.3) is 0 Å². The van der Waals surface area contributed by atoms with E-state index in [9.17, 15) is 4.39 Å². The molecule has 0 bridgehead atoms. The predicted molar refractivity (Wildman–Crippen MR) is 54.6 cm³/mol. The number of hydrogen-bond donors (Lipinski definition) is 1. The molecule has 0 aliphatic heterocycles. The van der Waals surface area contributed by atoms with Gasteiger partial charge in [0.1, 0.15) is 0 Å². The van der Waals surface area contributed by atoms with Crippen molar-refractivity contribution in [3.8, 4) is 5.75 Å². The molecule has 0 unspecified atom stereocenters. The maximum absolute atomic E-state index is 13.3. The van der Waals surface area contributed by atoms with Gasteiger partial charge in [-0.05, 0) is 24.1 Å². The van der Waals surface area contributed by atoms with Crippen LogP contribution in [0.5, 0.6) is 5.75 Å². The van der Waals surface area contributed by atoms with Crippen molar-refractivity contribution in [1.29, 1.82) is 0 Å². The molecule has 14 heavy (non-hydrogen) atoms. The minimum Gasteiger partial charge on any atom is -0.490 e. The monoisotopic (exact) mass is 195 g/mol. The summed E-state index contributed by atoms with van der Waals surface area (Å²) < 4.78 is 18.4. The highest BCUT2D eigenvalue weighted by Gasteiger charge is 2.03. The zero-order chi connectivity index (χ0) is 10.4. The second kappa shape index (κ2) is 5.40. The molecule has 3 heteroatoms. The smallest absolute Gasteiger partial charge is 0.165 e. The van der Waals surface area contributed by atoms with Crippen LogP contribution in [0.1, 0.15) is 12.0 Å². The fourth-order valence-corrected chi connectivity index (χ4v) is 1.04. The standard InChI is InChI=1S/C11H14FNO/c1-2-3-6-14-11-5-4-9(8-13)7-10(11)12/h2,4-5,7H,1,3,6,8,13H2. The SMILES string of the molecule is C=CCCOc1ccc(CN)cc1F. The van der Waals surface area contributed by atoms with Crippen LogP contribution in [0.3, 0.4) is 0 Å². The molecular formula is C11H14FNO. The first-order chi connectivity index (χ1) is 6.77. The zero-order valence-corrected chi connectivity index (χ0v) is 8.00. The molecule has 0 saturated heterocycles. The van der Waals surface area contributed by atoms with E-state index in [0.29, 0.717) is 19.6 Å². The van der Waals surface area contributed by atoms with E-state index < -0.39 is 0 Å². The molecule has 0 aliphatic carbocycles. The molecule has 0 spiro atoms. The van der Waals surface area contributed by atoms with Gasteiger partial charge in [-0.3, -0.25) is 0 Å². The van der Waals surface area contributed by atoms with Gasteiger partial charge in [-0.15, -0.1) is 6.58 Å². The summed E-state index contributed by atoms with van der Waals surface area (Å²) in [6.07, 6.45) is 2.43. The first-order valence-corrected chi connectivity index (χ1v) is 4.50. The van der Waals surface area contributed by atoms with E-state index in [-0.39, 0.29) is 11.6 Å². The molecule has 0 aliphatic rings. The Morgan fingerprint density at radius 1 is 1.50 bits per heavy atom. The molecule has 2 nitrogen and oxygen atoms in total. The van der Waals surface area contributed by atoms with Gasteiger partial charge in [0.2, 0.25) is 0 Å². The Balaban J connectivity index is 2.63. The summed E-state index contributed by atoms with van der Waals surface area (Å²) in [6.45, 7) is 4.34. The van der Waals surface area contributed by atoms with Gasteiger partial charge in [-0.1, -0.05) is 12.1 Å². The van der Waals surface area contributed by atoms with E-state index in [0.717, 1.165) is 5.56 Å². The van der Waals surface area contributed by atoms with Crippen molar-refractivity contribution in [2.45, 2.75) is 13.0 Å². The van der Waals surface area contributed by atoms with Crippen LogP contribution in [0.15, 0.2) is 30.9 Å². The summed E-state index contributed by atoms with van der Waals surface area (Å²) in [5.74, 6) is -0.0962. The highest BCUT2D eigenvalue weighted by Crippen LogP contribution is 2.18. The van der Waals surface area contributed by atoms with Gasteiger partial charge in [0.05, 0.1) is 6.61 Å². The van der Waals surface area contributed by atoms with Crippen molar-refractivity contribution < 1.29 is 9.13 Å². The molecule has 1 aromatic carbocycles. The lowest BCUT2D eigenvalue weighted by Gasteiger charge is -2.06. The van der Waals surface area contributed by atoms with E-state index in [1.54, 1.807) is 18.2 Å². The topological polar surface area (TPSA) is 35.2 Å².